The first-order chi connectivity index (χ1) is 13.4. The zero-order chi connectivity index (χ0) is 20.1. The predicted molar refractivity (Wildman–Crippen MR) is 102 cm³/mol. The highest BCUT2D eigenvalue weighted by Gasteiger charge is 2.31. The number of sulfonamides is 1. The van der Waals surface area contributed by atoms with Gasteiger partial charge in [-0.3, -0.25) is 4.79 Å². The second kappa shape index (κ2) is 8.91. The Morgan fingerprint density at radius 1 is 1.14 bits per heavy atom. The zero-order valence-electron chi connectivity index (χ0n) is 16.0. The molecule has 8 nitrogen and oxygen atoms in total. The Balaban J connectivity index is 1.69. The first kappa shape index (κ1) is 20.6. The summed E-state index contributed by atoms with van der Waals surface area (Å²) >= 11 is 0. The highest BCUT2D eigenvalue weighted by atomic mass is 32.2. The molecule has 1 N–H and O–H groups in total. The van der Waals surface area contributed by atoms with Crippen LogP contribution >= 0.6 is 0 Å². The van der Waals surface area contributed by atoms with Crippen LogP contribution in [0, 0.1) is 0 Å². The maximum absolute atomic E-state index is 12.9. The number of amides is 1. The fourth-order valence-corrected chi connectivity index (χ4v) is 5.33. The molecule has 1 amide bonds. The van der Waals surface area contributed by atoms with Crippen molar-refractivity contribution in [2.75, 3.05) is 26.8 Å². The number of esters is 1. The first-order valence-corrected chi connectivity index (χ1v) is 11.0. The van der Waals surface area contributed by atoms with E-state index in [2.05, 4.69) is 5.32 Å². The molecule has 1 aliphatic heterocycles. The lowest BCUT2D eigenvalue weighted by atomic mass is 10.2. The summed E-state index contributed by atoms with van der Waals surface area (Å²) in [4.78, 5) is 24.2. The van der Waals surface area contributed by atoms with Crippen LogP contribution in [-0.2, 0) is 19.6 Å². The van der Waals surface area contributed by atoms with Crippen molar-refractivity contribution in [1.82, 2.24) is 9.62 Å². The van der Waals surface area contributed by atoms with Crippen molar-refractivity contribution in [3.8, 4) is 5.75 Å². The summed E-state index contributed by atoms with van der Waals surface area (Å²) < 4.78 is 37.4. The second-order valence-electron chi connectivity index (χ2n) is 7.10. The number of nitrogens with zero attached hydrogens (tertiary/aromatic N) is 1. The van der Waals surface area contributed by atoms with Gasteiger partial charge in [0.1, 0.15) is 10.6 Å². The summed E-state index contributed by atoms with van der Waals surface area (Å²) in [7, 11) is -2.38. The summed E-state index contributed by atoms with van der Waals surface area (Å²) in [5.74, 6) is -0.928. The number of rotatable bonds is 7. The van der Waals surface area contributed by atoms with Crippen LogP contribution in [0.25, 0.3) is 0 Å². The molecule has 2 aliphatic rings. The topological polar surface area (TPSA) is 102 Å². The van der Waals surface area contributed by atoms with E-state index in [0.717, 1.165) is 38.5 Å². The Morgan fingerprint density at radius 2 is 1.82 bits per heavy atom. The molecule has 0 spiro atoms. The summed E-state index contributed by atoms with van der Waals surface area (Å²) in [5.41, 5.74) is 0.0623. The fraction of sp³-hybridized carbons (Fsp3) is 0.579. The van der Waals surface area contributed by atoms with Crippen molar-refractivity contribution in [1.29, 1.82) is 0 Å². The molecule has 3 rings (SSSR count). The largest absolute Gasteiger partial charge is 0.495 e. The van der Waals surface area contributed by atoms with Crippen molar-refractivity contribution in [2.24, 2.45) is 0 Å². The van der Waals surface area contributed by atoms with Gasteiger partial charge < -0.3 is 14.8 Å². The summed E-state index contributed by atoms with van der Waals surface area (Å²) in [6.45, 7) is 0.499. The van der Waals surface area contributed by atoms with Gasteiger partial charge in [0, 0.05) is 19.1 Å². The first-order valence-electron chi connectivity index (χ1n) is 9.56. The average molecular weight is 410 g/mol. The molecule has 1 aromatic rings. The second-order valence-corrected chi connectivity index (χ2v) is 9.01. The van der Waals surface area contributed by atoms with Crippen molar-refractivity contribution >= 4 is 21.9 Å². The van der Waals surface area contributed by atoms with Crippen LogP contribution in [0.5, 0.6) is 5.75 Å². The number of ether oxygens (including phenoxy) is 2. The average Bonchev–Trinajstić information content (AvgIpc) is 3.40. The van der Waals surface area contributed by atoms with Gasteiger partial charge in [0.2, 0.25) is 10.0 Å². The lowest BCUT2D eigenvalue weighted by Gasteiger charge is -2.18. The summed E-state index contributed by atoms with van der Waals surface area (Å²) in [5, 5.41) is 2.84. The lowest BCUT2D eigenvalue weighted by molar-refractivity contribution is -0.124. The number of hydrogen-bond acceptors (Lipinski definition) is 6. The molecular formula is C19H26N2O6S. The lowest BCUT2D eigenvalue weighted by Crippen LogP contribution is -2.35. The minimum absolute atomic E-state index is 0.0623. The minimum atomic E-state index is -3.76. The monoisotopic (exact) mass is 410 g/mol. The molecule has 1 saturated heterocycles. The maximum Gasteiger partial charge on any atom is 0.338 e. The molecule has 0 atom stereocenters. The molecule has 0 bridgehead atoms. The van der Waals surface area contributed by atoms with Gasteiger partial charge in [0.05, 0.1) is 12.7 Å². The minimum Gasteiger partial charge on any atom is -0.495 e. The van der Waals surface area contributed by atoms with E-state index in [0.29, 0.717) is 13.1 Å². The summed E-state index contributed by atoms with van der Waals surface area (Å²) in [6, 6.07) is 4.25. The molecule has 0 aromatic heterocycles. The van der Waals surface area contributed by atoms with Gasteiger partial charge in [-0.1, -0.05) is 12.8 Å². The normalized spacial score (nSPS) is 18.2. The molecule has 2 fully saturated rings. The van der Waals surface area contributed by atoms with Crippen LogP contribution < -0.4 is 10.1 Å². The highest BCUT2D eigenvalue weighted by Crippen LogP contribution is 2.30. The molecule has 154 valence electrons. The SMILES string of the molecule is COc1ccc(C(=O)OCC(=O)NC2CCCC2)cc1S(=O)(=O)N1CCCC1. The van der Waals surface area contributed by atoms with E-state index < -0.39 is 22.6 Å². The van der Waals surface area contributed by atoms with Crippen molar-refractivity contribution in [3.05, 3.63) is 23.8 Å². The molecule has 1 heterocycles. The van der Waals surface area contributed by atoms with Gasteiger partial charge in [-0.15, -0.1) is 0 Å². The number of carbonyl (C=O) groups excluding carboxylic acids is 2. The van der Waals surface area contributed by atoms with Crippen LogP contribution in [0.3, 0.4) is 0 Å². The number of nitrogens with one attached hydrogen (secondary N) is 1. The van der Waals surface area contributed by atoms with Crippen LogP contribution in [0.1, 0.15) is 48.9 Å². The van der Waals surface area contributed by atoms with Gasteiger partial charge in [0.15, 0.2) is 6.61 Å². The Kier molecular flexibility index (Phi) is 6.56. The standard InChI is InChI=1S/C19H26N2O6S/c1-26-16-9-8-14(12-17(16)28(24,25)21-10-4-5-11-21)19(23)27-13-18(22)20-15-6-2-3-7-15/h8-9,12,15H,2-7,10-11,13H2,1H3,(H,20,22). The molecule has 28 heavy (non-hydrogen) atoms. The maximum atomic E-state index is 12.9. The Labute approximate surface area is 165 Å². The molecule has 1 aromatic carbocycles. The van der Waals surface area contributed by atoms with Crippen LogP contribution in [0.2, 0.25) is 0 Å². The van der Waals surface area contributed by atoms with E-state index >= 15 is 0 Å². The van der Waals surface area contributed by atoms with E-state index in [4.69, 9.17) is 9.47 Å². The van der Waals surface area contributed by atoms with Crippen molar-refractivity contribution < 1.29 is 27.5 Å². The van der Waals surface area contributed by atoms with Gasteiger partial charge in [-0.25, -0.2) is 13.2 Å². The van der Waals surface area contributed by atoms with Gasteiger partial charge in [0.25, 0.3) is 5.91 Å². The molecule has 0 unspecified atom stereocenters. The third-order valence-corrected chi connectivity index (χ3v) is 7.06. The van der Waals surface area contributed by atoms with Crippen LogP contribution in [0.4, 0.5) is 0 Å². The van der Waals surface area contributed by atoms with Gasteiger partial charge in [-0.2, -0.15) is 4.31 Å². The quantitative estimate of drug-likeness (QED) is 0.687. The number of carbonyl (C=O) groups is 2. The van der Waals surface area contributed by atoms with E-state index in [1.165, 1.54) is 29.6 Å². The molecular weight excluding hydrogens is 384 g/mol. The molecule has 0 radical (unpaired) electrons. The van der Waals surface area contributed by atoms with Crippen LogP contribution in [-0.4, -0.2) is 57.4 Å². The van der Waals surface area contributed by atoms with Gasteiger partial charge >= 0.3 is 5.97 Å². The van der Waals surface area contributed by atoms with Crippen molar-refractivity contribution in [3.63, 3.8) is 0 Å². The van der Waals surface area contributed by atoms with E-state index in [1.54, 1.807) is 0 Å². The Bertz CT molecular complexity index is 827. The number of methoxy groups -OCH3 is 1. The Hall–Kier alpha value is -2.13. The van der Waals surface area contributed by atoms with Crippen LogP contribution in [0.15, 0.2) is 23.1 Å². The molecule has 9 heteroatoms. The van der Waals surface area contributed by atoms with E-state index in [9.17, 15) is 18.0 Å². The van der Waals surface area contributed by atoms with Crippen molar-refractivity contribution in [2.45, 2.75) is 49.5 Å². The number of benzene rings is 1. The number of hydrogen-bond donors (Lipinski definition) is 1. The Morgan fingerprint density at radius 3 is 2.46 bits per heavy atom. The third-order valence-electron chi connectivity index (χ3n) is 5.14. The fourth-order valence-electron chi connectivity index (χ4n) is 3.63. The molecule has 1 saturated carbocycles. The zero-order valence-corrected chi connectivity index (χ0v) is 16.8. The smallest absolute Gasteiger partial charge is 0.338 e. The third kappa shape index (κ3) is 4.64. The predicted octanol–water partition coefficient (Wildman–Crippen LogP) is 1.70. The van der Waals surface area contributed by atoms with E-state index in [-0.39, 0.29) is 28.2 Å². The molecule has 1 aliphatic carbocycles. The van der Waals surface area contributed by atoms with E-state index in [1.807, 2.05) is 0 Å². The van der Waals surface area contributed by atoms with Gasteiger partial charge in [-0.05, 0) is 43.9 Å². The summed E-state index contributed by atoms with van der Waals surface area (Å²) in [6.07, 6.45) is 5.67. The highest BCUT2D eigenvalue weighted by molar-refractivity contribution is 7.89.